The average Bonchev–Trinajstić information content (AvgIpc) is 2.81. The van der Waals surface area contributed by atoms with Gasteiger partial charge in [-0.05, 0) is 50.7 Å². The first kappa shape index (κ1) is 11.8. The number of hydrogen-bond acceptors (Lipinski definition) is 2. The van der Waals surface area contributed by atoms with E-state index in [9.17, 15) is 4.79 Å². The number of hydrogen-bond donors (Lipinski definition) is 0. The van der Waals surface area contributed by atoms with Crippen molar-refractivity contribution < 1.29 is 9.53 Å². The van der Waals surface area contributed by atoms with Crippen molar-refractivity contribution in [1.29, 1.82) is 0 Å². The van der Waals surface area contributed by atoms with Gasteiger partial charge >= 0.3 is 0 Å². The zero-order chi connectivity index (χ0) is 12.7. The van der Waals surface area contributed by atoms with E-state index in [4.69, 9.17) is 4.74 Å². The number of fused-ring (bicyclic) bond motifs is 1. The fourth-order valence-electron chi connectivity index (χ4n) is 3.42. The molecule has 0 radical (unpaired) electrons. The van der Waals surface area contributed by atoms with Crippen LogP contribution in [-0.2, 0) is 0 Å². The Morgan fingerprint density at radius 2 is 1.89 bits per heavy atom. The van der Waals surface area contributed by atoms with Gasteiger partial charge in [-0.25, -0.2) is 0 Å². The first-order valence-corrected chi connectivity index (χ1v) is 6.98. The number of ether oxygens (including phenoxy) is 1. The summed E-state index contributed by atoms with van der Waals surface area (Å²) in [6.45, 7) is 3.99. The van der Waals surface area contributed by atoms with Crippen molar-refractivity contribution >= 4 is 5.78 Å². The third-order valence-electron chi connectivity index (χ3n) is 4.22. The molecule has 0 N–H and O–H groups in total. The molecule has 2 heteroatoms. The van der Waals surface area contributed by atoms with Crippen LogP contribution < -0.4 is 4.74 Å². The molecule has 0 saturated heterocycles. The SMILES string of the molecule is CC(C)Oc1ccccc1C(=O)C1C2CCCC21. The topological polar surface area (TPSA) is 26.3 Å². The Labute approximate surface area is 108 Å². The van der Waals surface area contributed by atoms with Crippen LogP contribution in [0.5, 0.6) is 5.75 Å². The summed E-state index contributed by atoms with van der Waals surface area (Å²) < 4.78 is 5.75. The summed E-state index contributed by atoms with van der Waals surface area (Å²) in [5.74, 6) is 2.69. The predicted molar refractivity (Wildman–Crippen MR) is 70.9 cm³/mol. The summed E-state index contributed by atoms with van der Waals surface area (Å²) >= 11 is 0. The van der Waals surface area contributed by atoms with E-state index in [-0.39, 0.29) is 12.0 Å². The molecule has 1 aromatic carbocycles. The lowest BCUT2D eigenvalue weighted by atomic mass is 10.0. The lowest BCUT2D eigenvalue weighted by Crippen LogP contribution is -2.12. The number of carbonyl (C=O) groups is 1. The second-order valence-corrected chi connectivity index (χ2v) is 5.81. The minimum absolute atomic E-state index is 0.109. The lowest BCUT2D eigenvalue weighted by molar-refractivity contribution is 0.0945. The van der Waals surface area contributed by atoms with Crippen LogP contribution in [0.2, 0.25) is 0 Å². The van der Waals surface area contributed by atoms with E-state index < -0.39 is 0 Å². The molecule has 2 aliphatic rings. The fourth-order valence-corrected chi connectivity index (χ4v) is 3.42. The Balaban J connectivity index is 1.81. The minimum Gasteiger partial charge on any atom is -0.490 e. The Morgan fingerprint density at radius 1 is 1.22 bits per heavy atom. The number of ketones is 1. The van der Waals surface area contributed by atoms with E-state index >= 15 is 0 Å². The van der Waals surface area contributed by atoms with Gasteiger partial charge in [0.2, 0.25) is 0 Å². The summed E-state index contributed by atoms with van der Waals surface area (Å²) in [7, 11) is 0. The van der Waals surface area contributed by atoms with Gasteiger partial charge in [0.05, 0.1) is 11.7 Å². The third kappa shape index (κ3) is 1.94. The summed E-state index contributed by atoms with van der Waals surface area (Å²) in [5, 5.41) is 0. The van der Waals surface area contributed by atoms with Gasteiger partial charge in [-0.3, -0.25) is 4.79 Å². The first-order valence-electron chi connectivity index (χ1n) is 6.98. The molecule has 2 nitrogen and oxygen atoms in total. The standard InChI is InChI=1S/C16H20O2/c1-10(2)18-14-9-4-3-6-13(14)16(17)15-11-7-5-8-12(11)15/h3-4,6,9-12,15H,5,7-8H2,1-2H3. The predicted octanol–water partition coefficient (Wildman–Crippen LogP) is 3.70. The number of rotatable bonds is 4. The normalized spacial score (nSPS) is 29.2. The zero-order valence-electron chi connectivity index (χ0n) is 11.1. The van der Waals surface area contributed by atoms with Crippen molar-refractivity contribution in [2.24, 2.45) is 17.8 Å². The smallest absolute Gasteiger partial charge is 0.170 e. The Morgan fingerprint density at radius 3 is 2.56 bits per heavy atom. The van der Waals surface area contributed by atoms with Gasteiger partial charge in [0.25, 0.3) is 0 Å². The van der Waals surface area contributed by atoms with Gasteiger partial charge in [-0.1, -0.05) is 18.6 Å². The Kier molecular flexibility index (Phi) is 2.89. The van der Waals surface area contributed by atoms with E-state index in [1.807, 2.05) is 38.1 Å². The van der Waals surface area contributed by atoms with Crippen LogP contribution in [0.4, 0.5) is 0 Å². The molecule has 2 unspecified atom stereocenters. The van der Waals surface area contributed by atoms with Crippen molar-refractivity contribution in [2.45, 2.75) is 39.2 Å². The van der Waals surface area contributed by atoms with Crippen LogP contribution in [0.15, 0.2) is 24.3 Å². The van der Waals surface area contributed by atoms with Crippen LogP contribution in [0.25, 0.3) is 0 Å². The van der Waals surface area contributed by atoms with Crippen LogP contribution in [0.1, 0.15) is 43.5 Å². The Bertz CT molecular complexity index is 454. The molecule has 2 fully saturated rings. The number of Topliss-reactive ketones (excluding diaryl/α,β-unsaturated/α-hetero) is 1. The molecule has 3 rings (SSSR count). The second kappa shape index (κ2) is 4.42. The van der Waals surface area contributed by atoms with E-state index in [2.05, 4.69) is 0 Å². The van der Waals surface area contributed by atoms with Gasteiger partial charge in [0, 0.05) is 5.92 Å². The zero-order valence-corrected chi connectivity index (χ0v) is 11.1. The highest BCUT2D eigenvalue weighted by Crippen LogP contribution is 2.58. The van der Waals surface area contributed by atoms with E-state index in [0.29, 0.717) is 17.6 Å². The van der Waals surface area contributed by atoms with E-state index in [1.54, 1.807) is 0 Å². The Hall–Kier alpha value is -1.31. The molecule has 0 amide bonds. The summed E-state index contributed by atoms with van der Waals surface area (Å²) in [5.41, 5.74) is 0.783. The molecule has 96 valence electrons. The molecule has 0 heterocycles. The minimum atomic E-state index is 0.109. The van der Waals surface area contributed by atoms with Crippen LogP contribution in [0.3, 0.4) is 0 Å². The maximum Gasteiger partial charge on any atom is 0.170 e. The van der Waals surface area contributed by atoms with E-state index in [0.717, 1.165) is 11.3 Å². The van der Waals surface area contributed by atoms with Gasteiger partial charge in [0.15, 0.2) is 5.78 Å². The molecule has 2 saturated carbocycles. The van der Waals surface area contributed by atoms with Crippen molar-refractivity contribution in [2.75, 3.05) is 0 Å². The van der Waals surface area contributed by atoms with Crippen molar-refractivity contribution in [3.63, 3.8) is 0 Å². The van der Waals surface area contributed by atoms with Crippen LogP contribution in [-0.4, -0.2) is 11.9 Å². The van der Waals surface area contributed by atoms with E-state index in [1.165, 1.54) is 19.3 Å². The molecule has 0 aliphatic heterocycles. The summed E-state index contributed by atoms with van der Waals surface area (Å²) in [4.78, 5) is 12.5. The molecule has 18 heavy (non-hydrogen) atoms. The van der Waals surface area contributed by atoms with Crippen molar-refractivity contribution in [3.05, 3.63) is 29.8 Å². The largest absolute Gasteiger partial charge is 0.490 e. The number of para-hydroxylation sites is 1. The fraction of sp³-hybridized carbons (Fsp3) is 0.562. The molecule has 2 aliphatic carbocycles. The highest BCUT2D eigenvalue weighted by molar-refractivity contribution is 6.02. The quantitative estimate of drug-likeness (QED) is 0.755. The molecule has 2 atom stereocenters. The van der Waals surface area contributed by atoms with Gasteiger partial charge in [-0.2, -0.15) is 0 Å². The highest BCUT2D eigenvalue weighted by Gasteiger charge is 2.56. The number of benzene rings is 1. The third-order valence-corrected chi connectivity index (χ3v) is 4.22. The monoisotopic (exact) mass is 244 g/mol. The van der Waals surface area contributed by atoms with Gasteiger partial charge < -0.3 is 4.74 Å². The summed E-state index contributed by atoms with van der Waals surface area (Å²) in [6, 6.07) is 7.68. The van der Waals surface area contributed by atoms with Gasteiger partial charge in [0.1, 0.15) is 5.75 Å². The molecule has 0 bridgehead atoms. The van der Waals surface area contributed by atoms with Gasteiger partial charge in [-0.15, -0.1) is 0 Å². The molecular weight excluding hydrogens is 224 g/mol. The molecule has 0 spiro atoms. The van der Waals surface area contributed by atoms with Crippen molar-refractivity contribution in [1.82, 2.24) is 0 Å². The first-order chi connectivity index (χ1) is 8.68. The molecular formula is C16H20O2. The average molecular weight is 244 g/mol. The lowest BCUT2D eigenvalue weighted by Gasteiger charge is -2.13. The van der Waals surface area contributed by atoms with Crippen LogP contribution in [0, 0.1) is 17.8 Å². The number of carbonyl (C=O) groups excluding carboxylic acids is 1. The molecule has 0 aromatic heterocycles. The molecule has 1 aromatic rings. The van der Waals surface area contributed by atoms with Crippen LogP contribution >= 0.6 is 0 Å². The summed E-state index contributed by atoms with van der Waals surface area (Å²) in [6.07, 6.45) is 3.91. The second-order valence-electron chi connectivity index (χ2n) is 5.81. The van der Waals surface area contributed by atoms with Crippen molar-refractivity contribution in [3.8, 4) is 5.75 Å². The maximum atomic E-state index is 12.5. The maximum absolute atomic E-state index is 12.5. The highest BCUT2D eigenvalue weighted by atomic mass is 16.5.